The molecule has 1 aromatic heterocycles. The van der Waals surface area contributed by atoms with Crippen molar-refractivity contribution in [2.24, 2.45) is 0 Å². The van der Waals surface area contributed by atoms with Crippen LogP contribution in [0.4, 0.5) is 0 Å². The van der Waals surface area contributed by atoms with Gasteiger partial charge in [0.15, 0.2) is 0 Å². The predicted molar refractivity (Wildman–Crippen MR) is 71.8 cm³/mol. The van der Waals surface area contributed by atoms with Crippen LogP contribution in [0.2, 0.25) is 0 Å². The van der Waals surface area contributed by atoms with Gasteiger partial charge in [-0.25, -0.2) is 0 Å². The molecule has 2 nitrogen and oxygen atoms in total. The zero-order valence-electron chi connectivity index (χ0n) is 10.4. The smallest absolute Gasteiger partial charge is 0.0704 e. The third kappa shape index (κ3) is 2.92. The summed E-state index contributed by atoms with van der Waals surface area (Å²) in [7, 11) is 0. The van der Waals surface area contributed by atoms with E-state index in [1.807, 2.05) is 24.4 Å². The SMILES string of the molecule is CCNCc1ccc(-c2ccccn2)c(C)c1. The summed E-state index contributed by atoms with van der Waals surface area (Å²) < 4.78 is 0. The van der Waals surface area contributed by atoms with Crippen LogP contribution in [0.25, 0.3) is 11.3 Å². The normalized spacial score (nSPS) is 10.5. The van der Waals surface area contributed by atoms with Gasteiger partial charge in [0.05, 0.1) is 5.69 Å². The molecule has 0 radical (unpaired) electrons. The Morgan fingerprint density at radius 1 is 1.18 bits per heavy atom. The zero-order valence-corrected chi connectivity index (χ0v) is 10.4. The van der Waals surface area contributed by atoms with E-state index in [1.165, 1.54) is 16.7 Å². The monoisotopic (exact) mass is 226 g/mol. The first-order chi connectivity index (χ1) is 8.31. The van der Waals surface area contributed by atoms with Crippen LogP contribution in [0.15, 0.2) is 42.6 Å². The Labute approximate surface area is 103 Å². The highest BCUT2D eigenvalue weighted by Gasteiger charge is 2.03. The Balaban J connectivity index is 2.26. The average Bonchev–Trinajstić information content (AvgIpc) is 2.37. The van der Waals surface area contributed by atoms with Crippen molar-refractivity contribution in [2.45, 2.75) is 20.4 Å². The highest BCUT2D eigenvalue weighted by molar-refractivity contribution is 5.63. The first kappa shape index (κ1) is 11.8. The van der Waals surface area contributed by atoms with E-state index in [2.05, 4.69) is 42.3 Å². The standard InChI is InChI=1S/C15H18N2/c1-3-16-11-13-7-8-14(12(2)10-13)15-6-4-5-9-17-15/h4-10,16H,3,11H2,1-2H3. The fourth-order valence-corrected chi connectivity index (χ4v) is 1.91. The molecule has 0 spiro atoms. The number of aromatic nitrogens is 1. The van der Waals surface area contributed by atoms with Gasteiger partial charge in [-0.2, -0.15) is 0 Å². The fraction of sp³-hybridized carbons (Fsp3) is 0.267. The summed E-state index contributed by atoms with van der Waals surface area (Å²) in [5.74, 6) is 0. The van der Waals surface area contributed by atoms with Crippen LogP contribution in [0.5, 0.6) is 0 Å². The maximum Gasteiger partial charge on any atom is 0.0704 e. The molecule has 0 fully saturated rings. The van der Waals surface area contributed by atoms with Gasteiger partial charge in [-0.1, -0.05) is 31.2 Å². The zero-order chi connectivity index (χ0) is 12.1. The fourth-order valence-electron chi connectivity index (χ4n) is 1.91. The molecule has 1 N–H and O–H groups in total. The van der Waals surface area contributed by atoms with Gasteiger partial charge in [0.25, 0.3) is 0 Å². The van der Waals surface area contributed by atoms with Crippen molar-refractivity contribution in [3.8, 4) is 11.3 Å². The first-order valence-corrected chi connectivity index (χ1v) is 6.03. The van der Waals surface area contributed by atoms with Crippen molar-refractivity contribution < 1.29 is 0 Å². The predicted octanol–water partition coefficient (Wildman–Crippen LogP) is 3.17. The van der Waals surface area contributed by atoms with E-state index in [0.717, 1.165) is 18.8 Å². The summed E-state index contributed by atoms with van der Waals surface area (Å²) in [5.41, 5.74) is 4.86. The van der Waals surface area contributed by atoms with Gasteiger partial charge < -0.3 is 5.32 Å². The largest absolute Gasteiger partial charge is 0.313 e. The lowest BCUT2D eigenvalue weighted by atomic mass is 10.0. The third-order valence-electron chi connectivity index (χ3n) is 2.81. The molecule has 0 saturated heterocycles. The van der Waals surface area contributed by atoms with Crippen LogP contribution >= 0.6 is 0 Å². The maximum absolute atomic E-state index is 4.39. The Morgan fingerprint density at radius 2 is 2.06 bits per heavy atom. The van der Waals surface area contributed by atoms with Crippen LogP contribution in [-0.4, -0.2) is 11.5 Å². The molecule has 0 aliphatic heterocycles. The lowest BCUT2D eigenvalue weighted by Crippen LogP contribution is -2.11. The van der Waals surface area contributed by atoms with Gasteiger partial charge >= 0.3 is 0 Å². The molecule has 0 saturated carbocycles. The van der Waals surface area contributed by atoms with E-state index >= 15 is 0 Å². The van der Waals surface area contributed by atoms with Crippen molar-refractivity contribution in [1.29, 1.82) is 0 Å². The number of nitrogens with zero attached hydrogens (tertiary/aromatic N) is 1. The van der Waals surface area contributed by atoms with Gasteiger partial charge in [-0.15, -0.1) is 0 Å². The second-order valence-corrected chi connectivity index (χ2v) is 4.14. The summed E-state index contributed by atoms with van der Waals surface area (Å²) in [6, 6.07) is 12.6. The summed E-state index contributed by atoms with van der Waals surface area (Å²) in [4.78, 5) is 4.39. The minimum Gasteiger partial charge on any atom is -0.313 e. The molecular weight excluding hydrogens is 208 g/mol. The Kier molecular flexibility index (Phi) is 3.89. The quantitative estimate of drug-likeness (QED) is 0.866. The van der Waals surface area contributed by atoms with Crippen molar-refractivity contribution in [3.05, 3.63) is 53.7 Å². The van der Waals surface area contributed by atoms with Gasteiger partial charge in [-0.3, -0.25) is 4.98 Å². The Hall–Kier alpha value is -1.67. The minimum atomic E-state index is 0.930. The van der Waals surface area contributed by atoms with Crippen LogP contribution in [0.1, 0.15) is 18.1 Å². The molecule has 2 rings (SSSR count). The minimum absolute atomic E-state index is 0.930. The highest BCUT2D eigenvalue weighted by Crippen LogP contribution is 2.21. The lowest BCUT2D eigenvalue weighted by molar-refractivity contribution is 0.726. The van der Waals surface area contributed by atoms with Gasteiger partial charge in [-0.05, 0) is 36.7 Å². The van der Waals surface area contributed by atoms with Crippen LogP contribution in [0, 0.1) is 6.92 Å². The number of pyridine rings is 1. The number of hydrogen-bond donors (Lipinski definition) is 1. The van der Waals surface area contributed by atoms with E-state index in [1.54, 1.807) is 0 Å². The number of rotatable bonds is 4. The van der Waals surface area contributed by atoms with Crippen molar-refractivity contribution in [2.75, 3.05) is 6.54 Å². The van der Waals surface area contributed by atoms with Crippen LogP contribution in [0.3, 0.4) is 0 Å². The van der Waals surface area contributed by atoms with E-state index in [0.29, 0.717) is 0 Å². The molecule has 0 bridgehead atoms. The molecule has 1 aromatic carbocycles. The van der Waals surface area contributed by atoms with Gasteiger partial charge in [0, 0.05) is 18.3 Å². The first-order valence-electron chi connectivity index (χ1n) is 6.03. The van der Waals surface area contributed by atoms with Crippen molar-refractivity contribution >= 4 is 0 Å². The van der Waals surface area contributed by atoms with Crippen molar-refractivity contribution in [1.82, 2.24) is 10.3 Å². The maximum atomic E-state index is 4.39. The van der Waals surface area contributed by atoms with Crippen LogP contribution < -0.4 is 5.32 Å². The Bertz CT molecular complexity index is 478. The van der Waals surface area contributed by atoms with Gasteiger partial charge in [0.2, 0.25) is 0 Å². The number of nitrogens with one attached hydrogen (secondary N) is 1. The molecule has 2 aromatic rings. The number of hydrogen-bond acceptors (Lipinski definition) is 2. The molecule has 0 unspecified atom stereocenters. The number of aryl methyl sites for hydroxylation is 1. The van der Waals surface area contributed by atoms with E-state index < -0.39 is 0 Å². The number of benzene rings is 1. The summed E-state index contributed by atoms with van der Waals surface area (Å²) in [6.45, 7) is 6.19. The molecule has 0 aliphatic rings. The molecule has 1 heterocycles. The van der Waals surface area contributed by atoms with E-state index in [9.17, 15) is 0 Å². The third-order valence-corrected chi connectivity index (χ3v) is 2.81. The lowest BCUT2D eigenvalue weighted by Gasteiger charge is -2.08. The second kappa shape index (κ2) is 5.60. The van der Waals surface area contributed by atoms with Gasteiger partial charge in [0.1, 0.15) is 0 Å². The van der Waals surface area contributed by atoms with E-state index in [-0.39, 0.29) is 0 Å². The summed E-state index contributed by atoms with van der Waals surface area (Å²) in [6.07, 6.45) is 1.83. The summed E-state index contributed by atoms with van der Waals surface area (Å²) >= 11 is 0. The Morgan fingerprint density at radius 3 is 2.71 bits per heavy atom. The second-order valence-electron chi connectivity index (χ2n) is 4.14. The highest BCUT2D eigenvalue weighted by atomic mass is 14.8. The topological polar surface area (TPSA) is 24.9 Å². The average molecular weight is 226 g/mol. The van der Waals surface area contributed by atoms with E-state index in [4.69, 9.17) is 0 Å². The van der Waals surface area contributed by atoms with Crippen molar-refractivity contribution in [3.63, 3.8) is 0 Å². The molecule has 0 amide bonds. The molecular formula is C15H18N2. The molecule has 17 heavy (non-hydrogen) atoms. The molecule has 0 aliphatic carbocycles. The van der Waals surface area contributed by atoms with Crippen LogP contribution in [-0.2, 0) is 6.54 Å². The summed E-state index contributed by atoms with van der Waals surface area (Å²) in [5, 5.41) is 3.34. The molecule has 2 heteroatoms. The molecule has 0 atom stereocenters. The molecule has 88 valence electrons.